The summed E-state index contributed by atoms with van der Waals surface area (Å²) in [6, 6.07) is 0. The maximum atomic E-state index is 5.94. The molecule has 0 saturated carbocycles. The van der Waals surface area contributed by atoms with Crippen LogP contribution in [0.3, 0.4) is 0 Å². The molecule has 0 aliphatic carbocycles. The first-order valence-electron chi connectivity index (χ1n) is 6.09. The molecule has 4 heteroatoms. The fourth-order valence-corrected chi connectivity index (χ4v) is 2.07. The molecule has 0 rings (SSSR count). The third-order valence-corrected chi connectivity index (χ3v) is 3.34. The Balaban J connectivity index is 3.94. The van der Waals surface area contributed by atoms with Crippen molar-refractivity contribution in [1.82, 2.24) is 0 Å². The summed E-state index contributed by atoms with van der Waals surface area (Å²) < 4.78 is 11.3. The lowest BCUT2D eigenvalue weighted by atomic mass is 10.0. The van der Waals surface area contributed by atoms with E-state index in [4.69, 9.17) is 17.3 Å². The predicted molar refractivity (Wildman–Crippen MR) is 73.4 cm³/mol. The standard InChI is InChI=1S/C12H25BO2S/c1-6-12(13)16-11(7-14-9(2)3)8-15-10(4)5/h9-12H,6-8H2,1-5H3/t12-/m1/s1. The van der Waals surface area contributed by atoms with Gasteiger partial charge in [0.1, 0.15) is 0 Å². The Hall–Kier alpha value is 0.335. The van der Waals surface area contributed by atoms with E-state index in [2.05, 4.69) is 6.92 Å². The fourth-order valence-electron chi connectivity index (χ4n) is 1.07. The van der Waals surface area contributed by atoms with Gasteiger partial charge in [0.25, 0.3) is 0 Å². The van der Waals surface area contributed by atoms with Gasteiger partial charge in [0, 0.05) is 0 Å². The molecule has 2 radical (unpaired) electrons. The van der Waals surface area contributed by atoms with Gasteiger partial charge < -0.3 is 9.47 Å². The summed E-state index contributed by atoms with van der Waals surface area (Å²) in [5, 5.41) is 0.510. The van der Waals surface area contributed by atoms with E-state index >= 15 is 0 Å². The maximum Gasteiger partial charge on any atom is 0.0846 e. The Labute approximate surface area is 106 Å². The summed E-state index contributed by atoms with van der Waals surface area (Å²) in [5.74, 6) is 0. The van der Waals surface area contributed by atoms with Gasteiger partial charge in [0.15, 0.2) is 0 Å². The van der Waals surface area contributed by atoms with E-state index in [1.54, 1.807) is 11.8 Å². The number of rotatable bonds is 9. The van der Waals surface area contributed by atoms with Crippen LogP contribution in [0, 0.1) is 0 Å². The highest BCUT2D eigenvalue weighted by Crippen LogP contribution is 2.19. The van der Waals surface area contributed by atoms with Crippen LogP contribution in [0.25, 0.3) is 0 Å². The molecule has 0 N–H and O–H groups in total. The lowest BCUT2D eigenvalue weighted by molar-refractivity contribution is 0.0378. The van der Waals surface area contributed by atoms with Crippen LogP contribution in [0.15, 0.2) is 0 Å². The second-order valence-electron chi connectivity index (χ2n) is 4.47. The van der Waals surface area contributed by atoms with Crippen LogP contribution in [0.2, 0.25) is 0 Å². The van der Waals surface area contributed by atoms with Gasteiger partial charge in [-0.2, -0.15) is 11.8 Å². The van der Waals surface area contributed by atoms with Crippen molar-refractivity contribution in [2.24, 2.45) is 0 Å². The quantitative estimate of drug-likeness (QED) is 0.581. The van der Waals surface area contributed by atoms with Crippen molar-refractivity contribution in [2.45, 2.75) is 63.6 Å². The number of hydrogen-bond acceptors (Lipinski definition) is 3. The highest BCUT2D eigenvalue weighted by atomic mass is 32.2. The second-order valence-corrected chi connectivity index (χ2v) is 6.01. The van der Waals surface area contributed by atoms with Crippen molar-refractivity contribution in [1.29, 1.82) is 0 Å². The Morgan fingerprint density at radius 1 is 1.00 bits per heavy atom. The van der Waals surface area contributed by atoms with Crippen LogP contribution in [0.5, 0.6) is 0 Å². The summed E-state index contributed by atoms with van der Waals surface area (Å²) in [6.45, 7) is 11.7. The van der Waals surface area contributed by atoms with Crippen molar-refractivity contribution >= 4 is 19.6 Å². The average Bonchev–Trinajstić information content (AvgIpc) is 2.21. The monoisotopic (exact) mass is 244 g/mol. The Morgan fingerprint density at radius 3 is 1.75 bits per heavy atom. The summed E-state index contributed by atoms with van der Waals surface area (Å²) in [4.78, 5) is 0. The van der Waals surface area contributed by atoms with Crippen molar-refractivity contribution in [3.63, 3.8) is 0 Å². The third-order valence-electron chi connectivity index (χ3n) is 2.00. The van der Waals surface area contributed by atoms with Crippen LogP contribution in [-0.4, -0.2) is 43.7 Å². The zero-order valence-corrected chi connectivity index (χ0v) is 12.0. The van der Waals surface area contributed by atoms with Crippen LogP contribution in [0.1, 0.15) is 41.0 Å². The molecule has 2 nitrogen and oxygen atoms in total. The minimum atomic E-state index is 0.177. The van der Waals surface area contributed by atoms with Crippen molar-refractivity contribution in [3.05, 3.63) is 0 Å². The lowest BCUT2D eigenvalue weighted by Gasteiger charge is -2.22. The molecule has 0 amide bonds. The minimum absolute atomic E-state index is 0.177. The zero-order chi connectivity index (χ0) is 12.6. The molecule has 94 valence electrons. The molecule has 0 spiro atoms. The molecule has 1 atom stereocenters. The van der Waals surface area contributed by atoms with Gasteiger partial charge in [-0.3, -0.25) is 0 Å². The van der Waals surface area contributed by atoms with E-state index < -0.39 is 0 Å². The first-order chi connectivity index (χ1) is 7.45. The lowest BCUT2D eigenvalue weighted by Crippen LogP contribution is -2.25. The Bertz CT molecular complexity index is 153. The summed E-state index contributed by atoms with van der Waals surface area (Å²) in [7, 11) is 5.94. The predicted octanol–water partition coefficient (Wildman–Crippen LogP) is 2.84. The topological polar surface area (TPSA) is 18.5 Å². The minimum Gasteiger partial charge on any atom is -0.378 e. The van der Waals surface area contributed by atoms with Gasteiger partial charge in [0.05, 0.1) is 38.5 Å². The average molecular weight is 244 g/mol. The van der Waals surface area contributed by atoms with Crippen LogP contribution in [-0.2, 0) is 9.47 Å². The van der Waals surface area contributed by atoms with E-state index in [1.807, 2.05) is 27.7 Å². The van der Waals surface area contributed by atoms with Crippen LogP contribution < -0.4 is 0 Å². The third kappa shape index (κ3) is 9.55. The normalized spacial score (nSPS) is 14.0. The van der Waals surface area contributed by atoms with E-state index in [0.29, 0.717) is 18.5 Å². The summed E-state index contributed by atoms with van der Waals surface area (Å²) in [5.41, 5.74) is 0. The van der Waals surface area contributed by atoms with Crippen molar-refractivity contribution in [3.8, 4) is 0 Å². The maximum absolute atomic E-state index is 5.94. The second kappa shape index (κ2) is 9.37. The van der Waals surface area contributed by atoms with E-state index in [9.17, 15) is 0 Å². The molecule has 0 fully saturated rings. The molecule has 0 aliphatic heterocycles. The SMILES string of the molecule is [B][C@@H](CC)SC(COC(C)C)COC(C)C. The molecular weight excluding hydrogens is 219 g/mol. The molecule has 0 aromatic heterocycles. The van der Waals surface area contributed by atoms with Gasteiger partial charge in [0.2, 0.25) is 0 Å². The highest BCUT2D eigenvalue weighted by Gasteiger charge is 2.14. The van der Waals surface area contributed by atoms with Crippen LogP contribution >= 0.6 is 11.8 Å². The number of thioether (sulfide) groups is 1. The van der Waals surface area contributed by atoms with Gasteiger partial charge in [-0.05, 0) is 32.8 Å². The molecule has 0 aromatic carbocycles. The molecule has 0 unspecified atom stereocenters. The molecule has 0 saturated heterocycles. The Kier molecular flexibility index (Phi) is 9.57. The van der Waals surface area contributed by atoms with Crippen LogP contribution in [0.4, 0.5) is 0 Å². The first-order valence-corrected chi connectivity index (χ1v) is 7.04. The van der Waals surface area contributed by atoms with Gasteiger partial charge >= 0.3 is 0 Å². The van der Waals surface area contributed by atoms with Crippen molar-refractivity contribution < 1.29 is 9.47 Å². The largest absolute Gasteiger partial charge is 0.378 e. The number of ether oxygens (including phenoxy) is 2. The van der Waals surface area contributed by atoms with E-state index in [-0.39, 0.29) is 17.4 Å². The first kappa shape index (κ1) is 16.3. The summed E-state index contributed by atoms with van der Waals surface area (Å²) >= 11 is 1.76. The zero-order valence-electron chi connectivity index (χ0n) is 11.2. The van der Waals surface area contributed by atoms with E-state index in [1.165, 1.54) is 0 Å². The molecule has 0 aromatic rings. The fraction of sp³-hybridized carbons (Fsp3) is 1.00. The Morgan fingerprint density at radius 2 is 1.44 bits per heavy atom. The number of hydrogen-bond donors (Lipinski definition) is 0. The van der Waals surface area contributed by atoms with Crippen molar-refractivity contribution in [2.75, 3.05) is 13.2 Å². The highest BCUT2D eigenvalue weighted by molar-refractivity contribution is 8.01. The molecule has 0 bridgehead atoms. The molecule has 0 heterocycles. The van der Waals surface area contributed by atoms with Gasteiger partial charge in [-0.1, -0.05) is 13.3 Å². The molecule has 16 heavy (non-hydrogen) atoms. The molecule has 0 aliphatic rings. The van der Waals surface area contributed by atoms with Gasteiger partial charge in [-0.25, -0.2) is 0 Å². The molecular formula is C12H25BO2S. The summed E-state index contributed by atoms with van der Waals surface area (Å²) in [6.07, 6.45) is 1.50. The van der Waals surface area contributed by atoms with Gasteiger partial charge in [-0.15, -0.1) is 0 Å². The van der Waals surface area contributed by atoms with E-state index in [0.717, 1.165) is 6.42 Å². The smallest absolute Gasteiger partial charge is 0.0846 e.